The molecule has 0 spiro atoms. The zero-order valence-corrected chi connectivity index (χ0v) is 17.0. The Morgan fingerprint density at radius 2 is 1.72 bits per heavy atom. The molecule has 0 saturated carbocycles. The summed E-state index contributed by atoms with van der Waals surface area (Å²) in [4.78, 5) is 24.6. The van der Waals surface area contributed by atoms with Crippen LogP contribution in [0.2, 0.25) is 5.02 Å². The summed E-state index contributed by atoms with van der Waals surface area (Å²) in [7, 11) is 0. The lowest BCUT2D eigenvalue weighted by molar-refractivity contribution is -0.143. The third-order valence-electron chi connectivity index (χ3n) is 5.10. The van der Waals surface area contributed by atoms with Gasteiger partial charge in [-0.15, -0.1) is 0 Å². The van der Waals surface area contributed by atoms with E-state index in [4.69, 9.17) is 11.6 Å². The fraction of sp³-hybridized carbons (Fsp3) is 0.167. The summed E-state index contributed by atoms with van der Waals surface area (Å²) in [6, 6.07) is 18.8. The van der Waals surface area contributed by atoms with Crippen molar-refractivity contribution in [2.24, 2.45) is 0 Å². The van der Waals surface area contributed by atoms with Crippen molar-refractivity contribution >= 4 is 46.4 Å². The van der Waals surface area contributed by atoms with E-state index in [1.165, 1.54) is 6.92 Å². The van der Waals surface area contributed by atoms with E-state index >= 15 is 0 Å². The van der Waals surface area contributed by atoms with Gasteiger partial charge in [0.2, 0.25) is 0 Å². The highest BCUT2D eigenvalue weighted by Gasteiger charge is 2.33. The summed E-state index contributed by atoms with van der Waals surface area (Å²) in [5, 5.41) is 14.7. The van der Waals surface area contributed by atoms with Gasteiger partial charge in [-0.25, -0.2) is 4.79 Å². The van der Waals surface area contributed by atoms with Crippen molar-refractivity contribution < 1.29 is 14.7 Å². The number of hydrogen-bond donors (Lipinski definition) is 2. The molecule has 0 aliphatic heterocycles. The van der Waals surface area contributed by atoms with Gasteiger partial charge in [0.1, 0.15) is 5.54 Å². The first-order valence-corrected chi connectivity index (χ1v) is 9.73. The average molecular weight is 408 g/mol. The second-order valence-corrected chi connectivity index (χ2v) is 7.51. The van der Waals surface area contributed by atoms with Gasteiger partial charge in [-0.2, -0.15) is 0 Å². The van der Waals surface area contributed by atoms with Crippen molar-refractivity contribution in [3.63, 3.8) is 0 Å². The lowest BCUT2D eigenvalue weighted by atomic mass is 9.95. The largest absolute Gasteiger partial charge is 0.480 e. The summed E-state index contributed by atoms with van der Waals surface area (Å²) < 4.78 is 0. The highest BCUT2D eigenvalue weighted by Crippen LogP contribution is 2.26. The number of carbonyl (C=O) groups excluding carboxylic acids is 1. The molecule has 4 nitrogen and oxygen atoms in total. The van der Waals surface area contributed by atoms with Gasteiger partial charge >= 0.3 is 5.97 Å². The van der Waals surface area contributed by atoms with Gasteiger partial charge in [-0.05, 0) is 53.4 Å². The van der Waals surface area contributed by atoms with Crippen molar-refractivity contribution in [1.82, 2.24) is 5.32 Å². The van der Waals surface area contributed by atoms with Gasteiger partial charge in [0, 0.05) is 10.6 Å². The van der Waals surface area contributed by atoms with Gasteiger partial charge in [-0.1, -0.05) is 73.1 Å². The maximum Gasteiger partial charge on any atom is 0.329 e. The zero-order valence-electron chi connectivity index (χ0n) is 16.3. The van der Waals surface area contributed by atoms with E-state index in [0.717, 1.165) is 21.9 Å². The summed E-state index contributed by atoms with van der Waals surface area (Å²) >= 11 is 5.95. The average Bonchev–Trinajstić information content (AvgIpc) is 2.72. The topological polar surface area (TPSA) is 66.4 Å². The van der Waals surface area contributed by atoms with Gasteiger partial charge in [0.05, 0.1) is 0 Å². The molecule has 0 aliphatic rings. The number of halogens is 1. The van der Waals surface area contributed by atoms with Crippen molar-refractivity contribution in [3.05, 3.63) is 82.4 Å². The zero-order chi connectivity index (χ0) is 21.0. The van der Waals surface area contributed by atoms with Gasteiger partial charge < -0.3 is 10.4 Å². The Balaban J connectivity index is 2.07. The smallest absolute Gasteiger partial charge is 0.329 e. The Hall–Kier alpha value is -3.11. The minimum atomic E-state index is -1.33. The predicted molar refractivity (Wildman–Crippen MR) is 118 cm³/mol. The summed E-state index contributed by atoms with van der Waals surface area (Å²) in [5.74, 6) is -1.48. The van der Waals surface area contributed by atoms with E-state index in [1.54, 1.807) is 25.1 Å². The molecule has 0 radical (unpaired) electrons. The number of carboxylic acid groups (broad SMARTS) is 1. The van der Waals surface area contributed by atoms with Crippen molar-refractivity contribution in [2.45, 2.75) is 25.8 Å². The van der Waals surface area contributed by atoms with Gasteiger partial charge in [-0.3, -0.25) is 4.79 Å². The fourth-order valence-corrected chi connectivity index (χ4v) is 3.16. The fourth-order valence-electron chi connectivity index (χ4n) is 3.04. The molecule has 1 unspecified atom stereocenters. The highest BCUT2D eigenvalue weighted by molar-refractivity contribution is 6.30. The number of nitrogens with one attached hydrogen (secondary N) is 1. The van der Waals surface area contributed by atoms with Crippen LogP contribution in [0.3, 0.4) is 0 Å². The monoisotopic (exact) mass is 407 g/mol. The maximum absolute atomic E-state index is 13.0. The van der Waals surface area contributed by atoms with E-state index < -0.39 is 17.4 Å². The van der Waals surface area contributed by atoms with Crippen molar-refractivity contribution in [1.29, 1.82) is 0 Å². The summed E-state index contributed by atoms with van der Waals surface area (Å²) in [5.41, 5.74) is 0.770. The third-order valence-corrected chi connectivity index (χ3v) is 5.35. The van der Waals surface area contributed by atoms with Gasteiger partial charge in [0.15, 0.2) is 0 Å². The van der Waals surface area contributed by atoms with E-state index in [0.29, 0.717) is 10.6 Å². The Kier molecular flexibility index (Phi) is 6.04. The number of benzene rings is 3. The molecule has 29 heavy (non-hydrogen) atoms. The number of rotatable bonds is 6. The highest BCUT2D eigenvalue weighted by atomic mass is 35.5. The maximum atomic E-state index is 13.0. The second kappa shape index (κ2) is 8.50. The number of hydrogen-bond acceptors (Lipinski definition) is 2. The van der Waals surface area contributed by atoms with Crippen LogP contribution >= 0.6 is 11.6 Å². The van der Waals surface area contributed by atoms with Crippen LogP contribution in [0.5, 0.6) is 0 Å². The van der Waals surface area contributed by atoms with E-state index in [1.807, 2.05) is 54.6 Å². The molecule has 0 aliphatic carbocycles. The molecule has 3 aromatic carbocycles. The Morgan fingerprint density at radius 3 is 2.38 bits per heavy atom. The van der Waals surface area contributed by atoms with E-state index in [2.05, 4.69) is 5.32 Å². The molecule has 2 N–H and O–H groups in total. The molecule has 1 amide bonds. The number of amides is 1. The summed E-state index contributed by atoms with van der Waals surface area (Å²) in [6.07, 6.45) is 4.06. The molecule has 3 aromatic rings. The number of fused-ring (bicyclic) bond motifs is 1. The standard InChI is InChI=1S/C24H22ClNO3/c1-3-24(2,23(28)29)26-22(27)21-15-11-17-6-4-5-7-19(17)20(21)14-10-16-8-12-18(25)13-9-16/h4-15H,3H2,1-2H3,(H,26,27)(H,28,29)/b14-10+. The van der Waals surface area contributed by atoms with E-state index in [-0.39, 0.29) is 6.42 Å². The quantitative estimate of drug-likeness (QED) is 0.519. The number of aliphatic carboxylic acids is 1. The molecule has 1 atom stereocenters. The van der Waals surface area contributed by atoms with Crippen molar-refractivity contribution in [3.8, 4) is 0 Å². The second-order valence-electron chi connectivity index (χ2n) is 7.08. The molecule has 0 aromatic heterocycles. The molecule has 0 fully saturated rings. The minimum absolute atomic E-state index is 0.275. The van der Waals surface area contributed by atoms with Crippen LogP contribution in [0, 0.1) is 0 Å². The molecule has 0 bridgehead atoms. The number of carbonyl (C=O) groups is 2. The SMILES string of the molecule is CCC(C)(NC(=O)c1ccc2ccccc2c1/C=C/c1ccc(Cl)cc1)C(=O)O. The van der Waals surface area contributed by atoms with Crippen molar-refractivity contribution in [2.75, 3.05) is 0 Å². The first-order chi connectivity index (χ1) is 13.8. The Morgan fingerprint density at radius 1 is 1.03 bits per heavy atom. The first-order valence-electron chi connectivity index (χ1n) is 9.35. The van der Waals surface area contributed by atoms with Crippen LogP contribution in [-0.4, -0.2) is 22.5 Å². The van der Waals surface area contributed by atoms with Gasteiger partial charge in [0.25, 0.3) is 5.91 Å². The predicted octanol–water partition coefficient (Wildman–Crippen LogP) is 5.65. The molecule has 148 valence electrons. The molecule has 5 heteroatoms. The van der Waals surface area contributed by atoms with Crippen LogP contribution in [0.15, 0.2) is 60.7 Å². The van der Waals surface area contributed by atoms with Crippen LogP contribution in [0.25, 0.3) is 22.9 Å². The summed E-state index contributed by atoms with van der Waals surface area (Å²) in [6.45, 7) is 3.24. The van der Waals surface area contributed by atoms with Crippen LogP contribution in [0.1, 0.15) is 41.8 Å². The third kappa shape index (κ3) is 4.49. The van der Waals surface area contributed by atoms with Crippen LogP contribution in [-0.2, 0) is 4.79 Å². The number of carboxylic acids is 1. The molecule has 0 saturated heterocycles. The first kappa shape index (κ1) is 20.6. The molecular weight excluding hydrogens is 386 g/mol. The lowest BCUT2D eigenvalue weighted by Crippen LogP contribution is -2.51. The van der Waals surface area contributed by atoms with E-state index in [9.17, 15) is 14.7 Å². The minimum Gasteiger partial charge on any atom is -0.480 e. The van der Waals surface area contributed by atoms with Crippen LogP contribution < -0.4 is 5.32 Å². The normalized spacial score (nSPS) is 13.3. The molecule has 3 rings (SSSR count). The Labute approximate surface area is 174 Å². The van der Waals surface area contributed by atoms with Crippen LogP contribution in [0.4, 0.5) is 0 Å². The Bertz CT molecular complexity index is 1090. The molecule has 0 heterocycles. The lowest BCUT2D eigenvalue weighted by Gasteiger charge is -2.25. The molecular formula is C24H22ClNO3.